The Hall–Kier alpha value is -1.04. The molecule has 1 aromatic rings. The Morgan fingerprint density at radius 2 is 1.83 bits per heavy atom. The van der Waals surface area contributed by atoms with Gasteiger partial charge in [0.2, 0.25) is 0 Å². The third-order valence-corrected chi connectivity index (χ3v) is 5.48. The maximum atomic E-state index is 12.4. The number of sulfonamides is 1. The Morgan fingerprint density at radius 3 is 2.33 bits per heavy atom. The van der Waals surface area contributed by atoms with Crippen LogP contribution in [0.4, 0.5) is 0 Å². The van der Waals surface area contributed by atoms with E-state index in [1.165, 1.54) is 15.7 Å². The van der Waals surface area contributed by atoms with Gasteiger partial charge in [-0.25, -0.2) is 8.42 Å². The quantitative estimate of drug-likeness (QED) is 0.570. The maximum absolute atomic E-state index is 12.4. The van der Waals surface area contributed by atoms with Gasteiger partial charge in [-0.05, 0) is 19.1 Å². The Bertz CT molecular complexity index is 506. The minimum absolute atomic E-state index is 0.273. The van der Waals surface area contributed by atoms with Crippen molar-refractivity contribution in [3.05, 3.63) is 55.1 Å². The van der Waals surface area contributed by atoms with Gasteiger partial charge in [-0.3, -0.25) is 0 Å². The van der Waals surface area contributed by atoms with Crippen molar-refractivity contribution in [3.8, 4) is 0 Å². The van der Waals surface area contributed by atoms with Crippen molar-refractivity contribution in [2.24, 2.45) is 0 Å². The highest BCUT2D eigenvalue weighted by atomic mass is 32.3. The van der Waals surface area contributed by atoms with Crippen LogP contribution in [0.15, 0.2) is 54.5 Å². The van der Waals surface area contributed by atoms with Gasteiger partial charge in [0, 0.05) is 12.3 Å². The van der Waals surface area contributed by atoms with E-state index in [-0.39, 0.29) is 6.54 Å². The van der Waals surface area contributed by atoms with E-state index in [1.54, 1.807) is 36.4 Å². The highest BCUT2D eigenvalue weighted by molar-refractivity contribution is 8.08. The molecule has 5 heteroatoms. The normalized spacial score (nSPS) is 11.4. The predicted molar refractivity (Wildman–Crippen MR) is 77.9 cm³/mol. The second-order valence-corrected chi connectivity index (χ2v) is 6.80. The van der Waals surface area contributed by atoms with Crippen molar-refractivity contribution >= 4 is 22.0 Å². The lowest BCUT2D eigenvalue weighted by Crippen LogP contribution is -2.25. The molecule has 18 heavy (non-hydrogen) atoms. The molecule has 0 aliphatic heterocycles. The van der Waals surface area contributed by atoms with Crippen LogP contribution in [-0.4, -0.2) is 24.4 Å². The van der Waals surface area contributed by atoms with Gasteiger partial charge in [-0.1, -0.05) is 41.8 Å². The molecule has 0 aliphatic rings. The second kappa shape index (κ2) is 6.78. The Balaban J connectivity index is 3.03. The summed E-state index contributed by atoms with van der Waals surface area (Å²) in [6.07, 6.45) is 3.24. The van der Waals surface area contributed by atoms with Gasteiger partial charge in [0.05, 0.1) is 4.90 Å². The number of nitrogens with zero attached hydrogens (tertiary/aromatic N) is 1. The van der Waals surface area contributed by atoms with E-state index >= 15 is 0 Å². The molecule has 0 bridgehead atoms. The number of benzene rings is 1. The summed E-state index contributed by atoms with van der Waals surface area (Å²) in [5.74, 6) is 0.541. The molecule has 0 radical (unpaired) electrons. The minimum atomic E-state index is -3.47. The SMILES string of the molecule is C=CCSN(CC=C)S(=O)(=O)c1ccc(C)cc1. The van der Waals surface area contributed by atoms with E-state index in [0.717, 1.165) is 5.56 Å². The number of hydrogen-bond donors (Lipinski definition) is 0. The first-order valence-corrected chi connectivity index (χ1v) is 7.84. The van der Waals surface area contributed by atoms with E-state index in [0.29, 0.717) is 10.6 Å². The molecule has 1 rings (SSSR count). The van der Waals surface area contributed by atoms with Crippen LogP contribution in [0, 0.1) is 6.92 Å². The first kappa shape index (κ1) is 15.0. The molecular weight excluding hydrogens is 266 g/mol. The highest BCUT2D eigenvalue weighted by Gasteiger charge is 2.23. The van der Waals surface area contributed by atoms with Crippen LogP contribution in [0.1, 0.15) is 5.56 Å². The number of hydrogen-bond acceptors (Lipinski definition) is 3. The fourth-order valence-corrected chi connectivity index (χ4v) is 3.78. The standard InChI is InChI=1S/C13H17NO2S2/c1-4-10-14(17-11-5-2)18(15,16)13-8-6-12(3)7-9-13/h4-9H,1-2,10-11H2,3H3. The molecule has 3 nitrogen and oxygen atoms in total. The van der Waals surface area contributed by atoms with Crippen molar-refractivity contribution in [1.82, 2.24) is 3.71 Å². The average molecular weight is 283 g/mol. The monoisotopic (exact) mass is 283 g/mol. The fourth-order valence-electron chi connectivity index (χ4n) is 1.29. The van der Waals surface area contributed by atoms with Crippen molar-refractivity contribution in [3.63, 3.8) is 0 Å². The van der Waals surface area contributed by atoms with E-state index in [4.69, 9.17) is 0 Å². The van der Waals surface area contributed by atoms with Gasteiger partial charge in [0.15, 0.2) is 0 Å². The van der Waals surface area contributed by atoms with Crippen LogP contribution in [0.3, 0.4) is 0 Å². The number of aryl methyl sites for hydroxylation is 1. The van der Waals surface area contributed by atoms with Crippen LogP contribution in [-0.2, 0) is 10.0 Å². The first-order chi connectivity index (χ1) is 8.52. The van der Waals surface area contributed by atoms with E-state index in [9.17, 15) is 8.42 Å². The van der Waals surface area contributed by atoms with Gasteiger partial charge < -0.3 is 0 Å². The largest absolute Gasteiger partial charge is 0.252 e. The molecule has 0 saturated heterocycles. The summed E-state index contributed by atoms with van der Waals surface area (Å²) in [6.45, 7) is 9.37. The third kappa shape index (κ3) is 3.73. The average Bonchev–Trinajstić information content (AvgIpc) is 2.35. The number of rotatable bonds is 7. The summed E-state index contributed by atoms with van der Waals surface area (Å²) in [4.78, 5) is 0.298. The van der Waals surface area contributed by atoms with Crippen LogP contribution in [0.25, 0.3) is 0 Å². The molecule has 0 atom stereocenters. The molecule has 0 aliphatic carbocycles. The second-order valence-electron chi connectivity index (χ2n) is 3.68. The summed E-state index contributed by atoms with van der Waals surface area (Å²) in [7, 11) is -3.47. The Morgan fingerprint density at radius 1 is 1.22 bits per heavy atom. The smallest absolute Gasteiger partial charge is 0.206 e. The lowest BCUT2D eigenvalue weighted by molar-refractivity contribution is 0.556. The van der Waals surface area contributed by atoms with Crippen molar-refractivity contribution in [2.75, 3.05) is 12.3 Å². The Kier molecular flexibility index (Phi) is 5.65. The van der Waals surface area contributed by atoms with E-state index in [1.807, 2.05) is 6.92 Å². The topological polar surface area (TPSA) is 37.4 Å². The van der Waals surface area contributed by atoms with E-state index < -0.39 is 10.0 Å². The molecule has 0 spiro atoms. The zero-order valence-electron chi connectivity index (χ0n) is 10.4. The van der Waals surface area contributed by atoms with Crippen molar-refractivity contribution < 1.29 is 8.42 Å². The molecular formula is C13H17NO2S2. The summed E-state index contributed by atoms with van der Waals surface area (Å²) >= 11 is 1.21. The molecule has 0 N–H and O–H groups in total. The highest BCUT2D eigenvalue weighted by Crippen LogP contribution is 2.23. The third-order valence-electron chi connectivity index (χ3n) is 2.20. The van der Waals surface area contributed by atoms with Gasteiger partial charge in [0.1, 0.15) is 0 Å². The van der Waals surface area contributed by atoms with Crippen LogP contribution < -0.4 is 0 Å². The fraction of sp³-hybridized carbons (Fsp3) is 0.231. The van der Waals surface area contributed by atoms with Crippen LogP contribution in [0.2, 0.25) is 0 Å². The molecule has 0 aromatic heterocycles. The van der Waals surface area contributed by atoms with Gasteiger partial charge >= 0.3 is 0 Å². The van der Waals surface area contributed by atoms with E-state index in [2.05, 4.69) is 13.2 Å². The molecule has 0 unspecified atom stereocenters. The summed E-state index contributed by atoms with van der Waals surface area (Å²) in [5, 5.41) is 0. The van der Waals surface area contributed by atoms with Gasteiger partial charge in [0.25, 0.3) is 10.0 Å². The zero-order valence-corrected chi connectivity index (χ0v) is 12.0. The van der Waals surface area contributed by atoms with Crippen LogP contribution in [0.5, 0.6) is 0 Å². The zero-order chi connectivity index (χ0) is 13.6. The first-order valence-electron chi connectivity index (χ1n) is 5.46. The van der Waals surface area contributed by atoms with Crippen molar-refractivity contribution in [2.45, 2.75) is 11.8 Å². The maximum Gasteiger partial charge on any atom is 0.252 e. The minimum Gasteiger partial charge on any atom is -0.206 e. The Labute approximate surface area is 113 Å². The molecule has 98 valence electrons. The summed E-state index contributed by atoms with van der Waals surface area (Å²) < 4.78 is 26.1. The van der Waals surface area contributed by atoms with Crippen molar-refractivity contribution in [1.29, 1.82) is 0 Å². The molecule has 1 aromatic carbocycles. The predicted octanol–water partition coefficient (Wildman–Crippen LogP) is 3.01. The molecule has 0 amide bonds. The molecule has 0 saturated carbocycles. The lowest BCUT2D eigenvalue weighted by Gasteiger charge is -2.18. The lowest BCUT2D eigenvalue weighted by atomic mass is 10.2. The summed E-state index contributed by atoms with van der Waals surface area (Å²) in [6, 6.07) is 6.82. The molecule has 0 fully saturated rings. The summed E-state index contributed by atoms with van der Waals surface area (Å²) in [5.41, 5.74) is 1.03. The van der Waals surface area contributed by atoms with Crippen LogP contribution >= 0.6 is 11.9 Å². The van der Waals surface area contributed by atoms with Gasteiger partial charge in [-0.2, -0.15) is 0 Å². The molecule has 0 heterocycles. The van der Waals surface area contributed by atoms with Gasteiger partial charge in [-0.15, -0.1) is 16.9 Å².